The Morgan fingerprint density at radius 2 is 1.87 bits per heavy atom. The number of amides is 1. The maximum Gasteiger partial charge on any atom is 0.416 e. The molecule has 5 nitrogen and oxygen atoms in total. The normalized spacial score (nSPS) is 11.9. The molecule has 0 fully saturated rings. The van der Waals surface area contributed by atoms with E-state index in [0.29, 0.717) is 16.8 Å². The summed E-state index contributed by atoms with van der Waals surface area (Å²) >= 11 is 0. The van der Waals surface area contributed by atoms with Crippen molar-refractivity contribution < 1.29 is 18.0 Å². The zero-order valence-corrected chi connectivity index (χ0v) is 15.7. The smallest absolute Gasteiger partial charge is 0.339 e. The molecule has 2 aromatic heterocycles. The highest BCUT2D eigenvalue weighted by Gasteiger charge is 2.31. The molecule has 152 valence electrons. The molecule has 3 aromatic rings. The Morgan fingerprint density at radius 3 is 2.47 bits per heavy atom. The van der Waals surface area contributed by atoms with Crippen LogP contribution in [0.25, 0.3) is 0 Å². The quantitative estimate of drug-likeness (QED) is 0.644. The molecule has 1 aromatic carbocycles. The Labute approximate surface area is 170 Å². The Morgan fingerprint density at radius 1 is 1.13 bits per heavy atom. The minimum absolute atomic E-state index is 0.186. The zero-order chi connectivity index (χ0) is 21.7. The van der Waals surface area contributed by atoms with Gasteiger partial charge in [-0.05, 0) is 42.8 Å². The Hall–Kier alpha value is -3.86. The number of aromatic nitrogens is 2. The van der Waals surface area contributed by atoms with Crippen molar-refractivity contribution in [3.05, 3.63) is 99.2 Å². The van der Waals surface area contributed by atoms with E-state index in [1.165, 1.54) is 36.7 Å². The number of alkyl halides is 3. The van der Waals surface area contributed by atoms with E-state index in [4.69, 9.17) is 0 Å². The van der Waals surface area contributed by atoms with E-state index in [2.05, 4.69) is 27.1 Å². The maximum absolute atomic E-state index is 12.9. The van der Waals surface area contributed by atoms with Crippen molar-refractivity contribution in [1.29, 1.82) is 0 Å². The third kappa shape index (κ3) is 4.75. The van der Waals surface area contributed by atoms with Gasteiger partial charge in [0.05, 0.1) is 22.9 Å². The SMILES string of the molecule is CC#Cc1cccnc1C(NC(=O)c1ccc(=O)[nH]c1)c1ccc(C(F)(F)F)cc1. The van der Waals surface area contributed by atoms with Crippen LogP contribution in [0.5, 0.6) is 0 Å². The Balaban J connectivity index is 2.05. The van der Waals surface area contributed by atoms with Gasteiger partial charge >= 0.3 is 6.18 Å². The van der Waals surface area contributed by atoms with Crippen molar-refractivity contribution in [3.8, 4) is 11.8 Å². The van der Waals surface area contributed by atoms with Gasteiger partial charge in [0.1, 0.15) is 0 Å². The standard InChI is InChI=1S/C22H16F3N3O2/c1-2-4-14-5-3-12-26-19(14)20(15-6-9-17(10-7-15)22(23,24)25)28-21(30)16-8-11-18(29)27-13-16/h3,5-13,20H,1H3,(H,27,29)(H,28,30). The van der Waals surface area contributed by atoms with E-state index in [0.717, 1.165) is 12.1 Å². The van der Waals surface area contributed by atoms with Crippen LogP contribution in [0.2, 0.25) is 0 Å². The van der Waals surface area contributed by atoms with Gasteiger partial charge in [-0.1, -0.05) is 18.1 Å². The largest absolute Gasteiger partial charge is 0.416 e. The fourth-order valence-corrected chi connectivity index (χ4v) is 2.83. The molecule has 1 atom stereocenters. The topological polar surface area (TPSA) is 74.8 Å². The van der Waals surface area contributed by atoms with Crippen LogP contribution in [0.3, 0.4) is 0 Å². The number of nitrogens with one attached hydrogen (secondary N) is 2. The number of halogens is 3. The molecule has 0 radical (unpaired) electrons. The first kappa shape index (κ1) is 20.9. The van der Waals surface area contributed by atoms with Crippen molar-refractivity contribution in [1.82, 2.24) is 15.3 Å². The third-order valence-electron chi connectivity index (χ3n) is 4.26. The molecule has 30 heavy (non-hydrogen) atoms. The maximum atomic E-state index is 12.9. The summed E-state index contributed by atoms with van der Waals surface area (Å²) in [6.45, 7) is 1.64. The molecule has 1 unspecified atom stereocenters. The highest BCUT2D eigenvalue weighted by atomic mass is 19.4. The van der Waals surface area contributed by atoms with E-state index in [-0.39, 0.29) is 11.1 Å². The number of nitrogens with zero attached hydrogens (tertiary/aromatic N) is 1. The molecule has 0 saturated carbocycles. The highest BCUT2D eigenvalue weighted by Crippen LogP contribution is 2.31. The Kier molecular flexibility index (Phi) is 6.02. The number of hydrogen-bond acceptors (Lipinski definition) is 3. The number of carbonyl (C=O) groups excluding carboxylic acids is 1. The lowest BCUT2D eigenvalue weighted by molar-refractivity contribution is -0.137. The summed E-state index contributed by atoms with van der Waals surface area (Å²) in [5.41, 5.74) is 0.350. The van der Waals surface area contributed by atoms with Gasteiger partial charge in [0, 0.05) is 24.0 Å². The van der Waals surface area contributed by atoms with E-state index in [9.17, 15) is 22.8 Å². The predicted molar refractivity (Wildman–Crippen MR) is 105 cm³/mol. The number of rotatable bonds is 4. The average molecular weight is 411 g/mol. The van der Waals surface area contributed by atoms with E-state index >= 15 is 0 Å². The predicted octanol–water partition coefficient (Wildman–Crippen LogP) is 3.68. The van der Waals surface area contributed by atoms with Crippen LogP contribution in [0, 0.1) is 11.8 Å². The molecule has 0 aliphatic heterocycles. The van der Waals surface area contributed by atoms with Gasteiger partial charge in [0.2, 0.25) is 5.56 Å². The van der Waals surface area contributed by atoms with Gasteiger partial charge in [-0.3, -0.25) is 14.6 Å². The van der Waals surface area contributed by atoms with E-state index in [1.807, 2.05) is 0 Å². The molecular weight excluding hydrogens is 395 g/mol. The van der Waals surface area contributed by atoms with Crippen molar-refractivity contribution >= 4 is 5.91 Å². The zero-order valence-electron chi connectivity index (χ0n) is 15.7. The summed E-state index contributed by atoms with van der Waals surface area (Å²) in [6.07, 6.45) is -1.71. The second-order valence-corrected chi connectivity index (χ2v) is 6.28. The first-order chi connectivity index (χ1) is 14.3. The third-order valence-corrected chi connectivity index (χ3v) is 4.26. The molecule has 2 heterocycles. The summed E-state index contributed by atoms with van der Waals surface area (Å²) in [4.78, 5) is 30.7. The fourth-order valence-electron chi connectivity index (χ4n) is 2.83. The van der Waals surface area contributed by atoms with E-state index in [1.54, 1.807) is 19.1 Å². The molecule has 0 aliphatic carbocycles. The molecule has 0 bridgehead atoms. The summed E-state index contributed by atoms with van der Waals surface area (Å²) < 4.78 is 38.8. The van der Waals surface area contributed by atoms with Crippen LogP contribution in [0.4, 0.5) is 13.2 Å². The molecule has 2 N–H and O–H groups in total. The summed E-state index contributed by atoms with van der Waals surface area (Å²) in [5.74, 6) is 5.12. The minimum atomic E-state index is -4.48. The Bertz CT molecular complexity index is 1150. The van der Waals surface area contributed by atoms with Crippen LogP contribution in [0.15, 0.2) is 65.7 Å². The monoisotopic (exact) mass is 411 g/mol. The van der Waals surface area contributed by atoms with Gasteiger partial charge in [-0.25, -0.2) is 0 Å². The summed E-state index contributed by atoms with van der Waals surface area (Å²) in [6, 6.07) is 9.56. The van der Waals surface area contributed by atoms with Gasteiger partial charge < -0.3 is 10.3 Å². The summed E-state index contributed by atoms with van der Waals surface area (Å²) in [7, 11) is 0. The van der Waals surface area contributed by atoms with Crippen LogP contribution >= 0.6 is 0 Å². The average Bonchev–Trinajstić information content (AvgIpc) is 2.73. The molecule has 0 aliphatic rings. The van der Waals surface area contributed by atoms with Crippen molar-refractivity contribution in [2.24, 2.45) is 0 Å². The number of H-pyrrole nitrogens is 1. The molecule has 3 rings (SSSR count). The van der Waals surface area contributed by atoms with Crippen molar-refractivity contribution in [2.75, 3.05) is 0 Å². The van der Waals surface area contributed by atoms with Gasteiger partial charge in [0.25, 0.3) is 5.91 Å². The molecular formula is C22H16F3N3O2. The van der Waals surface area contributed by atoms with Crippen molar-refractivity contribution in [3.63, 3.8) is 0 Å². The lowest BCUT2D eigenvalue weighted by Gasteiger charge is -2.21. The fraction of sp³-hybridized carbons (Fsp3) is 0.136. The molecule has 8 heteroatoms. The van der Waals surface area contributed by atoms with Crippen LogP contribution in [-0.4, -0.2) is 15.9 Å². The number of pyridine rings is 2. The second kappa shape index (κ2) is 8.66. The number of benzene rings is 1. The van der Waals surface area contributed by atoms with Crippen LogP contribution in [-0.2, 0) is 6.18 Å². The van der Waals surface area contributed by atoms with Gasteiger partial charge in [-0.2, -0.15) is 13.2 Å². The van der Waals surface area contributed by atoms with Crippen LogP contribution < -0.4 is 10.9 Å². The lowest BCUT2D eigenvalue weighted by atomic mass is 9.97. The first-order valence-electron chi connectivity index (χ1n) is 8.84. The minimum Gasteiger partial charge on any atom is -0.339 e. The number of aromatic amines is 1. The number of hydrogen-bond donors (Lipinski definition) is 2. The first-order valence-corrected chi connectivity index (χ1v) is 8.84. The molecule has 0 saturated heterocycles. The van der Waals surface area contributed by atoms with Crippen molar-refractivity contribution in [2.45, 2.75) is 19.1 Å². The highest BCUT2D eigenvalue weighted by molar-refractivity contribution is 5.94. The second-order valence-electron chi connectivity index (χ2n) is 6.28. The van der Waals surface area contributed by atoms with Crippen LogP contribution in [0.1, 0.15) is 45.7 Å². The number of carbonyl (C=O) groups is 1. The molecule has 1 amide bonds. The lowest BCUT2D eigenvalue weighted by Crippen LogP contribution is -2.31. The van der Waals surface area contributed by atoms with E-state index < -0.39 is 23.7 Å². The molecule has 0 spiro atoms. The summed E-state index contributed by atoms with van der Waals surface area (Å²) in [5, 5.41) is 2.77. The van der Waals surface area contributed by atoms with Gasteiger partial charge in [-0.15, -0.1) is 5.92 Å². The van der Waals surface area contributed by atoms with Gasteiger partial charge in [0.15, 0.2) is 0 Å².